The van der Waals surface area contributed by atoms with Crippen LogP contribution >= 0.6 is 0 Å². The van der Waals surface area contributed by atoms with Gasteiger partial charge in [0.15, 0.2) is 0 Å². The fraction of sp³-hybridized carbons (Fsp3) is 0.100. The lowest BCUT2D eigenvalue weighted by Gasteiger charge is -2.24. The molecule has 0 spiro atoms. The molecule has 11 aromatic rings. The van der Waals surface area contributed by atoms with Gasteiger partial charge in [-0.3, -0.25) is 0 Å². The summed E-state index contributed by atoms with van der Waals surface area (Å²) in [4.78, 5) is 0. The molecule has 0 fully saturated rings. The first kappa shape index (κ1) is 35.3. The van der Waals surface area contributed by atoms with Gasteiger partial charge in [0.25, 0.3) is 0 Å². The molecule has 294 valence electrons. The number of hydrogen-bond donors (Lipinski definition) is 0. The zero-order chi connectivity index (χ0) is 41.5. The van der Waals surface area contributed by atoms with Gasteiger partial charge in [0.05, 0.1) is 0 Å². The van der Waals surface area contributed by atoms with Gasteiger partial charge < -0.3 is 8.83 Å². The molecule has 2 nitrogen and oxygen atoms in total. The van der Waals surface area contributed by atoms with Crippen LogP contribution in [-0.4, -0.2) is 0 Å². The fourth-order valence-corrected chi connectivity index (χ4v) is 11.1. The summed E-state index contributed by atoms with van der Waals surface area (Å²) in [6.07, 6.45) is 0. The van der Waals surface area contributed by atoms with Crippen LogP contribution in [0.1, 0.15) is 49.9 Å². The average molecular weight is 795 g/mol. The summed E-state index contributed by atoms with van der Waals surface area (Å²) in [5.41, 5.74) is 23.0. The van der Waals surface area contributed by atoms with Gasteiger partial charge in [-0.05, 0) is 114 Å². The highest BCUT2D eigenvalue weighted by Crippen LogP contribution is 2.61. The number of hydrogen-bond acceptors (Lipinski definition) is 2. The number of fused-ring (bicyclic) bond motifs is 14. The van der Waals surface area contributed by atoms with E-state index in [0.717, 1.165) is 33.1 Å². The predicted molar refractivity (Wildman–Crippen MR) is 258 cm³/mol. The molecular weight excluding hydrogens is 753 g/mol. The molecule has 13 rings (SSSR count). The van der Waals surface area contributed by atoms with Gasteiger partial charge in [-0.2, -0.15) is 0 Å². The van der Waals surface area contributed by atoms with Gasteiger partial charge in [-0.15, -0.1) is 0 Å². The minimum Gasteiger partial charge on any atom is -0.455 e. The minimum absolute atomic E-state index is 0.300. The van der Waals surface area contributed by atoms with Crippen LogP contribution < -0.4 is 0 Å². The van der Waals surface area contributed by atoms with Crippen molar-refractivity contribution in [2.45, 2.75) is 38.5 Å². The van der Waals surface area contributed by atoms with Crippen LogP contribution in [0.4, 0.5) is 0 Å². The van der Waals surface area contributed by atoms with E-state index in [1.54, 1.807) is 0 Å². The van der Waals surface area contributed by atoms with Crippen molar-refractivity contribution in [2.24, 2.45) is 0 Å². The Hall–Kier alpha value is -7.42. The van der Waals surface area contributed by atoms with Crippen molar-refractivity contribution >= 4 is 43.9 Å². The Labute approximate surface area is 360 Å². The van der Waals surface area contributed by atoms with Crippen molar-refractivity contribution in [1.82, 2.24) is 0 Å². The zero-order valence-electron chi connectivity index (χ0n) is 35.1. The molecule has 0 amide bonds. The van der Waals surface area contributed by atoms with Crippen LogP contribution in [0.25, 0.3) is 111 Å². The van der Waals surface area contributed by atoms with E-state index in [-0.39, 0.29) is 10.8 Å². The smallest absolute Gasteiger partial charge is 0.144 e. The molecule has 2 aliphatic rings. The van der Waals surface area contributed by atoms with Gasteiger partial charge in [-0.25, -0.2) is 0 Å². The molecule has 0 atom stereocenters. The molecule has 0 saturated heterocycles. The summed E-state index contributed by atoms with van der Waals surface area (Å²) in [6.45, 7) is 9.56. The molecule has 0 N–H and O–H groups in total. The van der Waals surface area contributed by atoms with E-state index in [4.69, 9.17) is 8.83 Å². The molecule has 0 bridgehead atoms. The number of benzene rings is 9. The summed E-state index contributed by atoms with van der Waals surface area (Å²) in [5, 5.41) is 4.63. The second kappa shape index (κ2) is 12.6. The van der Waals surface area contributed by atoms with Gasteiger partial charge in [0, 0.05) is 43.5 Å². The third-order valence-corrected chi connectivity index (χ3v) is 14.3. The molecule has 9 aromatic carbocycles. The van der Waals surface area contributed by atoms with Gasteiger partial charge in [0.1, 0.15) is 22.3 Å². The Morgan fingerprint density at radius 2 is 0.629 bits per heavy atom. The summed E-state index contributed by atoms with van der Waals surface area (Å²) in [7, 11) is 0. The summed E-state index contributed by atoms with van der Waals surface area (Å²) in [5.74, 6) is 0. The highest BCUT2D eigenvalue weighted by Gasteiger charge is 2.45. The largest absolute Gasteiger partial charge is 0.455 e. The van der Waals surface area contributed by atoms with Gasteiger partial charge >= 0.3 is 0 Å². The maximum Gasteiger partial charge on any atom is 0.144 e. The van der Waals surface area contributed by atoms with Crippen molar-refractivity contribution in [2.75, 3.05) is 0 Å². The molecule has 0 unspecified atom stereocenters. The van der Waals surface area contributed by atoms with Crippen LogP contribution in [0.5, 0.6) is 0 Å². The Morgan fingerprint density at radius 3 is 1.03 bits per heavy atom. The summed E-state index contributed by atoms with van der Waals surface area (Å²) >= 11 is 0. The quantitative estimate of drug-likeness (QED) is 0.177. The second-order valence-electron chi connectivity index (χ2n) is 18.4. The van der Waals surface area contributed by atoms with Crippen LogP contribution in [-0.2, 0) is 10.8 Å². The van der Waals surface area contributed by atoms with Crippen molar-refractivity contribution in [1.29, 1.82) is 0 Å². The molecule has 2 aliphatic carbocycles. The lowest BCUT2D eigenvalue weighted by Crippen LogP contribution is -2.17. The first-order valence-corrected chi connectivity index (χ1v) is 21.7. The van der Waals surface area contributed by atoms with Crippen molar-refractivity contribution in [3.63, 3.8) is 0 Å². The zero-order valence-corrected chi connectivity index (χ0v) is 35.1. The summed E-state index contributed by atoms with van der Waals surface area (Å²) in [6, 6.07) is 66.3. The topological polar surface area (TPSA) is 26.3 Å². The second-order valence-corrected chi connectivity index (χ2v) is 18.4. The molecule has 0 radical (unpaired) electrons. The maximum absolute atomic E-state index is 7.01. The van der Waals surface area contributed by atoms with E-state index in [1.165, 1.54) is 99.8 Å². The predicted octanol–water partition coefficient (Wildman–Crippen LogP) is 16.8. The Bertz CT molecular complexity index is 3390. The lowest BCUT2D eigenvalue weighted by molar-refractivity contribution is 0.648. The van der Waals surface area contributed by atoms with Crippen molar-refractivity contribution in [3.05, 3.63) is 204 Å². The van der Waals surface area contributed by atoms with E-state index in [2.05, 4.69) is 210 Å². The first-order valence-electron chi connectivity index (χ1n) is 21.7. The van der Waals surface area contributed by atoms with Crippen molar-refractivity contribution in [3.8, 4) is 66.8 Å². The monoisotopic (exact) mass is 794 g/mol. The van der Waals surface area contributed by atoms with Crippen LogP contribution in [0, 0.1) is 0 Å². The molecule has 2 heteroatoms. The number of para-hydroxylation sites is 2. The molecular formula is C60H42O2. The SMILES string of the molecule is CC1(C)c2cc3c(cc2-c2c1cc(-c1ccc(-c4ccccc4)cc1)c1c2oc2ccccc21)C(C)(C)c1cc(-c2ccc(-c4ccccc4)cc2)c2c(oc4ccccc42)c1-3. The highest BCUT2D eigenvalue weighted by atomic mass is 16.3. The molecule has 2 heterocycles. The maximum atomic E-state index is 7.01. The highest BCUT2D eigenvalue weighted by molar-refractivity contribution is 6.20. The third-order valence-electron chi connectivity index (χ3n) is 14.3. The lowest BCUT2D eigenvalue weighted by atomic mass is 9.78. The van der Waals surface area contributed by atoms with E-state index < -0.39 is 0 Å². The first-order chi connectivity index (χ1) is 30.3. The van der Waals surface area contributed by atoms with Crippen molar-refractivity contribution < 1.29 is 8.83 Å². The van der Waals surface area contributed by atoms with E-state index in [9.17, 15) is 0 Å². The Kier molecular flexibility index (Phi) is 7.16. The minimum atomic E-state index is -0.300. The Morgan fingerprint density at radius 1 is 0.306 bits per heavy atom. The van der Waals surface area contributed by atoms with E-state index in [1.807, 2.05) is 0 Å². The van der Waals surface area contributed by atoms with Crippen LogP contribution in [0.3, 0.4) is 0 Å². The molecule has 0 saturated carbocycles. The van der Waals surface area contributed by atoms with Gasteiger partial charge in [0.2, 0.25) is 0 Å². The number of rotatable bonds is 4. The van der Waals surface area contributed by atoms with Crippen LogP contribution in [0.15, 0.2) is 191 Å². The average Bonchev–Trinajstić information content (AvgIpc) is 4.02. The van der Waals surface area contributed by atoms with E-state index in [0.29, 0.717) is 0 Å². The molecule has 2 aromatic heterocycles. The van der Waals surface area contributed by atoms with E-state index >= 15 is 0 Å². The standard InChI is InChI=1S/C60H42O2/c1-59(2)47-33-46-48(34-45(47)55-49(59)31-43(53-41-19-11-13-21-51(41)61-57(53)55)39-27-23-37(24-28-39)35-15-7-5-8-16-35)60(3,4)50-32-44(40-29-25-38(26-30-40)36-17-9-6-10-18-36)54-42-20-12-14-22-52(42)62-58(54)56(46)50/h5-34H,1-4H3. The number of furan rings is 2. The van der Waals surface area contributed by atoms with Gasteiger partial charge in [-0.1, -0.05) is 173 Å². The fourth-order valence-electron chi connectivity index (χ4n) is 11.1. The molecule has 62 heavy (non-hydrogen) atoms. The molecule has 0 aliphatic heterocycles. The summed E-state index contributed by atoms with van der Waals surface area (Å²) < 4.78 is 14.0. The Balaban J connectivity index is 1.03. The normalized spacial score (nSPS) is 14.4. The third kappa shape index (κ3) is 4.81. The van der Waals surface area contributed by atoms with Crippen LogP contribution in [0.2, 0.25) is 0 Å².